The van der Waals surface area contributed by atoms with Crippen LogP contribution in [0.1, 0.15) is 28.8 Å². The van der Waals surface area contributed by atoms with E-state index in [1.165, 1.54) is 0 Å². The van der Waals surface area contributed by atoms with E-state index in [1.54, 1.807) is 31.4 Å². The van der Waals surface area contributed by atoms with Crippen molar-refractivity contribution in [1.82, 2.24) is 10.3 Å². The first kappa shape index (κ1) is 24.5. The van der Waals surface area contributed by atoms with Crippen molar-refractivity contribution in [2.24, 2.45) is 5.73 Å². The van der Waals surface area contributed by atoms with Crippen LogP contribution in [0.5, 0.6) is 5.75 Å². The number of fused-ring (bicyclic) bond motifs is 1. The maximum absolute atomic E-state index is 12.9. The standard InChI is InChI=1S/C28H28N4O4/c1-36-19-12-10-18(11-13-19)27-21(20-6-2-4-8-23(20)32-27)14-15-26(34)31-24-9-5-3-7-22(24)28(35)30-17-16-25(29)33/h2-13,32H,14-17H2,1H3,(H2,29,33)(H,30,35)(H,31,34). The third kappa shape index (κ3) is 5.72. The third-order valence-corrected chi connectivity index (χ3v) is 5.90. The fourth-order valence-electron chi connectivity index (χ4n) is 4.10. The SMILES string of the molecule is COc1ccc(-c2[nH]c3ccccc3c2CCC(=O)Nc2ccccc2C(=O)NCCC(N)=O)cc1. The number of primary amides is 1. The van der Waals surface area contributed by atoms with Crippen LogP contribution >= 0.6 is 0 Å². The van der Waals surface area contributed by atoms with E-state index >= 15 is 0 Å². The lowest BCUT2D eigenvalue weighted by Crippen LogP contribution is -2.28. The molecule has 0 saturated carbocycles. The number of hydrogen-bond donors (Lipinski definition) is 4. The summed E-state index contributed by atoms with van der Waals surface area (Å²) in [5, 5.41) is 6.57. The normalized spacial score (nSPS) is 10.7. The number of para-hydroxylation sites is 2. The van der Waals surface area contributed by atoms with Crippen molar-refractivity contribution in [2.45, 2.75) is 19.3 Å². The second-order valence-electron chi connectivity index (χ2n) is 8.32. The molecule has 0 aliphatic heterocycles. The highest BCUT2D eigenvalue weighted by atomic mass is 16.5. The molecule has 8 nitrogen and oxygen atoms in total. The minimum atomic E-state index is -0.497. The van der Waals surface area contributed by atoms with E-state index in [4.69, 9.17) is 10.5 Å². The average Bonchev–Trinajstić information content (AvgIpc) is 3.26. The van der Waals surface area contributed by atoms with Gasteiger partial charge in [0.15, 0.2) is 0 Å². The van der Waals surface area contributed by atoms with Gasteiger partial charge in [-0.3, -0.25) is 14.4 Å². The Kier molecular flexibility index (Phi) is 7.65. The summed E-state index contributed by atoms with van der Waals surface area (Å²) in [5.41, 5.74) is 9.86. The van der Waals surface area contributed by atoms with Crippen LogP contribution in [0.2, 0.25) is 0 Å². The number of nitrogens with two attached hydrogens (primary N) is 1. The molecule has 5 N–H and O–H groups in total. The summed E-state index contributed by atoms with van der Waals surface area (Å²) in [4.78, 5) is 39.9. The molecule has 1 heterocycles. The Morgan fingerprint density at radius 1 is 0.917 bits per heavy atom. The molecule has 0 atom stereocenters. The predicted molar refractivity (Wildman–Crippen MR) is 140 cm³/mol. The van der Waals surface area contributed by atoms with Crippen LogP contribution in [-0.4, -0.2) is 36.4 Å². The Hall–Kier alpha value is -4.59. The van der Waals surface area contributed by atoms with Crippen LogP contribution in [0, 0.1) is 0 Å². The van der Waals surface area contributed by atoms with Crippen LogP contribution in [0.4, 0.5) is 5.69 Å². The van der Waals surface area contributed by atoms with Gasteiger partial charge in [0.1, 0.15) is 5.75 Å². The minimum Gasteiger partial charge on any atom is -0.497 e. The van der Waals surface area contributed by atoms with Crippen LogP contribution in [0.3, 0.4) is 0 Å². The number of anilines is 1. The Morgan fingerprint density at radius 2 is 1.64 bits per heavy atom. The van der Waals surface area contributed by atoms with Gasteiger partial charge in [-0.15, -0.1) is 0 Å². The zero-order chi connectivity index (χ0) is 25.5. The molecule has 0 spiro atoms. The quantitative estimate of drug-likeness (QED) is 0.271. The largest absolute Gasteiger partial charge is 0.497 e. The molecule has 184 valence electrons. The zero-order valence-electron chi connectivity index (χ0n) is 20.0. The summed E-state index contributed by atoms with van der Waals surface area (Å²) >= 11 is 0. The van der Waals surface area contributed by atoms with E-state index < -0.39 is 5.91 Å². The van der Waals surface area contributed by atoms with Crippen molar-refractivity contribution in [2.75, 3.05) is 19.0 Å². The van der Waals surface area contributed by atoms with Gasteiger partial charge in [-0.25, -0.2) is 0 Å². The van der Waals surface area contributed by atoms with Crippen LogP contribution in [0.15, 0.2) is 72.8 Å². The molecule has 4 aromatic rings. The molecule has 0 bridgehead atoms. The molecular weight excluding hydrogens is 456 g/mol. The number of aryl methyl sites for hydroxylation is 1. The summed E-state index contributed by atoms with van der Waals surface area (Å²) in [6.07, 6.45) is 0.772. The molecule has 0 radical (unpaired) electrons. The van der Waals surface area contributed by atoms with Crippen molar-refractivity contribution in [3.63, 3.8) is 0 Å². The van der Waals surface area contributed by atoms with Crippen molar-refractivity contribution in [3.8, 4) is 17.0 Å². The fourth-order valence-corrected chi connectivity index (χ4v) is 4.10. The van der Waals surface area contributed by atoms with Gasteiger partial charge >= 0.3 is 0 Å². The van der Waals surface area contributed by atoms with Gasteiger partial charge in [0.05, 0.1) is 18.4 Å². The maximum Gasteiger partial charge on any atom is 0.253 e. The van der Waals surface area contributed by atoms with Gasteiger partial charge in [0.25, 0.3) is 5.91 Å². The number of amides is 3. The fraction of sp³-hybridized carbons (Fsp3) is 0.179. The number of hydrogen-bond acceptors (Lipinski definition) is 4. The average molecular weight is 485 g/mol. The number of aromatic amines is 1. The number of carbonyl (C=O) groups excluding carboxylic acids is 3. The second kappa shape index (κ2) is 11.2. The van der Waals surface area contributed by atoms with E-state index in [2.05, 4.69) is 15.6 Å². The van der Waals surface area contributed by atoms with E-state index in [0.717, 1.165) is 33.5 Å². The summed E-state index contributed by atoms with van der Waals surface area (Å²) in [6, 6.07) is 22.5. The zero-order valence-corrected chi connectivity index (χ0v) is 20.0. The molecule has 0 unspecified atom stereocenters. The highest BCUT2D eigenvalue weighted by Crippen LogP contribution is 2.32. The Bertz CT molecular complexity index is 1390. The second-order valence-corrected chi connectivity index (χ2v) is 8.32. The van der Waals surface area contributed by atoms with Crippen molar-refractivity contribution in [3.05, 3.63) is 83.9 Å². The number of methoxy groups -OCH3 is 1. The van der Waals surface area contributed by atoms with Gasteiger partial charge in [0, 0.05) is 36.0 Å². The molecule has 8 heteroatoms. The van der Waals surface area contributed by atoms with Gasteiger partial charge in [-0.2, -0.15) is 0 Å². The van der Waals surface area contributed by atoms with Gasteiger partial charge in [0.2, 0.25) is 11.8 Å². The molecule has 4 rings (SSSR count). The number of ether oxygens (including phenoxy) is 1. The lowest BCUT2D eigenvalue weighted by molar-refractivity contribution is -0.118. The van der Waals surface area contributed by atoms with Crippen molar-refractivity contribution >= 4 is 34.3 Å². The maximum atomic E-state index is 12.9. The number of nitrogens with one attached hydrogen (secondary N) is 3. The van der Waals surface area contributed by atoms with Crippen LogP contribution in [0.25, 0.3) is 22.2 Å². The van der Waals surface area contributed by atoms with Crippen LogP contribution in [-0.2, 0) is 16.0 Å². The number of aromatic nitrogens is 1. The summed E-state index contributed by atoms with van der Waals surface area (Å²) in [6.45, 7) is 0.130. The Labute approximate surface area is 208 Å². The Morgan fingerprint density at radius 3 is 2.39 bits per heavy atom. The van der Waals surface area contributed by atoms with Crippen molar-refractivity contribution in [1.29, 1.82) is 0 Å². The molecular formula is C28H28N4O4. The monoisotopic (exact) mass is 484 g/mol. The van der Waals surface area contributed by atoms with E-state index in [0.29, 0.717) is 17.7 Å². The molecule has 0 aliphatic rings. The van der Waals surface area contributed by atoms with Crippen LogP contribution < -0.4 is 21.1 Å². The molecule has 3 amide bonds. The third-order valence-electron chi connectivity index (χ3n) is 5.90. The first-order valence-corrected chi connectivity index (χ1v) is 11.7. The van der Waals surface area contributed by atoms with Gasteiger partial charge < -0.3 is 26.1 Å². The molecule has 1 aromatic heterocycles. The number of benzene rings is 3. The van der Waals surface area contributed by atoms with Crippen molar-refractivity contribution < 1.29 is 19.1 Å². The highest BCUT2D eigenvalue weighted by molar-refractivity contribution is 6.04. The van der Waals surface area contributed by atoms with E-state index in [9.17, 15) is 14.4 Å². The number of carbonyl (C=O) groups is 3. The minimum absolute atomic E-state index is 0.0431. The molecule has 0 saturated heterocycles. The molecule has 0 aliphatic carbocycles. The summed E-state index contributed by atoms with van der Waals surface area (Å²) in [5.74, 6) is -0.319. The first-order valence-electron chi connectivity index (χ1n) is 11.7. The van der Waals surface area contributed by atoms with E-state index in [1.807, 2.05) is 48.5 Å². The molecule has 36 heavy (non-hydrogen) atoms. The summed E-state index contributed by atoms with van der Waals surface area (Å²) < 4.78 is 5.28. The lowest BCUT2D eigenvalue weighted by Gasteiger charge is -2.12. The Balaban J connectivity index is 1.50. The summed E-state index contributed by atoms with van der Waals surface area (Å²) in [7, 11) is 1.63. The number of H-pyrrole nitrogens is 1. The topological polar surface area (TPSA) is 126 Å². The van der Waals surface area contributed by atoms with Gasteiger partial charge in [-0.1, -0.05) is 30.3 Å². The molecule has 0 fully saturated rings. The van der Waals surface area contributed by atoms with E-state index in [-0.39, 0.29) is 31.2 Å². The highest BCUT2D eigenvalue weighted by Gasteiger charge is 2.17. The first-order chi connectivity index (χ1) is 17.5. The smallest absolute Gasteiger partial charge is 0.253 e. The predicted octanol–water partition coefficient (Wildman–Crippen LogP) is 4.02. The molecule has 3 aromatic carbocycles. The van der Waals surface area contributed by atoms with Gasteiger partial charge in [-0.05, 0) is 60.0 Å². The lowest BCUT2D eigenvalue weighted by atomic mass is 10.0. The number of rotatable bonds is 10.